The predicted octanol–water partition coefficient (Wildman–Crippen LogP) is 5.72. The number of hydrogen-bond acceptors (Lipinski definition) is 9. The van der Waals surface area contributed by atoms with E-state index >= 15 is 4.39 Å². The van der Waals surface area contributed by atoms with Gasteiger partial charge in [-0.15, -0.1) is 11.3 Å². The molecule has 3 aliphatic rings. The van der Waals surface area contributed by atoms with Crippen molar-refractivity contribution in [2.45, 2.75) is 56.0 Å². The number of ether oxygens (including phenoxy) is 2. The Morgan fingerprint density at radius 3 is 2.83 bits per heavy atom. The minimum Gasteiger partial charge on any atom is -0.474 e. The van der Waals surface area contributed by atoms with Crippen LogP contribution in [0.4, 0.5) is 18.2 Å². The van der Waals surface area contributed by atoms with Crippen LogP contribution in [0.1, 0.15) is 37.7 Å². The molecule has 1 saturated carbocycles. The maximum absolute atomic E-state index is 16.6. The Labute approximate surface area is 248 Å². The van der Waals surface area contributed by atoms with E-state index in [0.29, 0.717) is 25.8 Å². The zero-order valence-electron chi connectivity index (χ0n) is 22.3. The number of thiophene rings is 1. The number of fused-ring (bicyclic) bond motifs is 3. The van der Waals surface area contributed by atoms with Gasteiger partial charge >= 0.3 is 6.01 Å². The molecule has 4 N–H and O–H groups in total. The predicted molar refractivity (Wildman–Crippen MR) is 155 cm³/mol. The first-order chi connectivity index (χ1) is 20.2. The van der Waals surface area contributed by atoms with Gasteiger partial charge in [0.1, 0.15) is 41.3 Å². The second kappa shape index (κ2) is 10.1. The number of nitriles is 1. The van der Waals surface area contributed by atoms with Crippen LogP contribution >= 0.6 is 22.9 Å². The van der Waals surface area contributed by atoms with Crippen molar-refractivity contribution < 1.29 is 22.6 Å². The van der Waals surface area contributed by atoms with Crippen LogP contribution in [0.25, 0.3) is 32.1 Å². The van der Waals surface area contributed by atoms with Gasteiger partial charge in [0.05, 0.1) is 26.2 Å². The lowest BCUT2D eigenvalue weighted by Crippen LogP contribution is -2.44. The highest BCUT2D eigenvalue weighted by atomic mass is 35.5. The van der Waals surface area contributed by atoms with Crippen molar-refractivity contribution >= 4 is 48.9 Å². The van der Waals surface area contributed by atoms with Crippen molar-refractivity contribution in [1.29, 1.82) is 5.26 Å². The van der Waals surface area contributed by atoms with E-state index in [4.69, 9.17) is 32.5 Å². The molecule has 2 aromatic heterocycles. The molecule has 2 atom stereocenters. The zero-order chi connectivity index (χ0) is 29.3. The number of aromatic nitrogens is 2. The van der Waals surface area contributed by atoms with Crippen LogP contribution in [-0.2, 0) is 0 Å². The van der Waals surface area contributed by atoms with E-state index in [-0.39, 0.29) is 78.3 Å². The summed E-state index contributed by atoms with van der Waals surface area (Å²) in [6.45, 7) is 1.30. The Hall–Kier alpha value is -3.37. The molecular formula is C29H26ClF3N6O2S. The molecule has 0 amide bonds. The second-order valence-electron chi connectivity index (χ2n) is 11.3. The summed E-state index contributed by atoms with van der Waals surface area (Å²) in [5.74, 6) is -1.30. The molecule has 0 unspecified atom stereocenters. The van der Waals surface area contributed by atoms with Crippen LogP contribution in [0.2, 0.25) is 5.02 Å². The lowest BCUT2D eigenvalue weighted by Gasteiger charge is -2.33. The summed E-state index contributed by atoms with van der Waals surface area (Å²) < 4.78 is 57.9. The maximum atomic E-state index is 16.6. The molecule has 218 valence electrons. The Kier molecular flexibility index (Phi) is 6.62. The maximum Gasteiger partial charge on any atom is 0.320 e. The van der Waals surface area contributed by atoms with E-state index < -0.39 is 23.3 Å². The smallest absolute Gasteiger partial charge is 0.320 e. The zero-order valence-corrected chi connectivity index (χ0v) is 23.9. The van der Waals surface area contributed by atoms with Crippen molar-refractivity contribution in [2.24, 2.45) is 5.73 Å². The molecular weight excluding hydrogens is 589 g/mol. The van der Waals surface area contributed by atoms with E-state index in [1.54, 1.807) is 0 Å². The van der Waals surface area contributed by atoms with Crippen molar-refractivity contribution in [3.05, 3.63) is 40.4 Å². The molecule has 4 aromatic rings. The number of halogens is 4. The average Bonchev–Trinajstić information content (AvgIpc) is 3.57. The third kappa shape index (κ3) is 4.33. The molecule has 1 aliphatic carbocycles. The molecule has 0 radical (unpaired) electrons. The average molecular weight is 615 g/mol. The number of nitrogen functional groups attached to an aromatic ring is 1. The van der Waals surface area contributed by atoms with Gasteiger partial charge < -0.3 is 20.9 Å². The molecule has 13 heteroatoms. The first kappa shape index (κ1) is 27.5. The standard InChI is InChI=1S/C29H26ClF3N6O2S/c30-19-8-17-24(23(33)22(19)16-2-3-20(32)25-21(16)18(10-34)26(36)42-25)37-28(38-27(17)41-15-6-14(35)7-15)40-12-29-4-1-5-39(29)11-13(31)9-29/h2-3,8,13-15H,1,4-7,9,11-12,35-36H2/t13-,14?,15?,29+/m1/s1. The number of nitrogens with two attached hydrogens (primary N) is 2. The first-order valence-electron chi connectivity index (χ1n) is 13.7. The molecule has 4 heterocycles. The van der Waals surface area contributed by atoms with E-state index in [0.717, 1.165) is 30.7 Å². The van der Waals surface area contributed by atoms with Gasteiger partial charge in [-0.05, 0) is 49.9 Å². The van der Waals surface area contributed by atoms with Crippen LogP contribution in [0.5, 0.6) is 11.9 Å². The summed E-state index contributed by atoms with van der Waals surface area (Å²) >= 11 is 7.59. The molecule has 7 rings (SSSR count). The quantitative estimate of drug-likeness (QED) is 0.283. The third-order valence-corrected chi connectivity index (χ3v) is 9.99. The number of benzene rings is 2. The molecule has 0 spiro atoms. The Morgan fingerprint density at radius 2 is 2.07 bits per heavy atom. The van der Waals surface area contributed by atoms with Gasteiger partial charge in [0.2, 0.25) is 5.88 Å². The monoisotopic (exact) mass is 614 g/mol. The summed E-state index contributed by atoms with van der Waals surface area (Å²) in [5.41, 5.74) is 11.5. The van der Waals surface area contributed by atoms with Crippen LogP contribution in [0, 0.1) is 23.0 Å². The summed E-state index contributed by atoms with van der Waals surface area (Å²) in [6.07, 6.45) is 2.12. The lowest BCUT2D eigenvalue weighted by atomic mass is 9.90. The molecule has 2 aliphatic heterocycles. The Morgan fingerprint density at radius 1 is 1.26 bits per heavy atom. The number of hydrogen-bond donors (Lipinski definition) is 2. The van der Waals surface area contributed by atoms with Crippen molar-refractivity contribution in [3.63, 3.8) is 0 Å². The van der Waals surface area contributed by atoms with Crippen molar-refractivity contribution in [1.82, 2.24) is 14.9 Å². The lowest BCUT2D eigenvalue weighted by molar-refractivity contribution is 0.0911. The van der Waals surface area contributed by atoms with Gasteiger partial charge in [0.25, 0.3) is 0 Å². The van der Waals surface area contributed by atoms with Gasteiger partial charge in [-0.2, -0.15) is 15.2 Å². The van der Waals surface area contributed by atoms with Gasteiger partial charge in [0, 0.05) is 30.0 Å². The molecule has 8 nitrogen and oxygen atoms in total. The fraction of sp³-hybridized carbons (Fsp3) is 0.414. The summed E-state index contributed by atoms with van der Waals surface area (Å²) in [6, 6.07) is 5.93. The van der Waals surface area contributed by atoms with Gasteiger partial charge in [0.15, 0.2) is 5.82 Å². The van der Waals surface area contributed by atoms with E-state index in [2.05, 4.69) is 14.9 Å². The molecule has 3 fully saturated rings. The fourth-order valence-electron chi connectivity index (χ4n) is 6.57. The van der Waals surface area contributed by atoms with Crippen LogP contribution < -0.4 is 20.9 Å². The minimum atomic E-state index is -0.938. The largest absolute Gasteiger partial charge is 0.474 e. The highest BCUT2D eigenvalue weighted by Gasteiger charge is 2.49. The Balaban J connectivity index is 1.36. The van der Waals surface area contributed by atoms with E-state index in [1.165, 1.54) is 18.2 Å². The third-order valence-electron chi connectivity index (χ3n) is 8.67. The number of alkyl halides is 1. The molecule has 2 saturated heterocycles. The van der Waals surface area contributed by atoms with Crippen molar-refractivity contribution in [3.8, 4) is 29.1 Å². The number of nitrogens with zero attached hydrogens (tertiary/aromatic N) is 4. The van der Waals surface area contributed by atoms with Crippen molar-refractivity contribution in [2.75, 3.05) is 25.4 Å². The summed E-state index contributed by atoms with van der Waals surface area (Å²) in [4.78, 5) is 11.0. The van der Waals surface area contributed by atoms with Gasteiger partial charge in [-0.25, -0.2) is 13.2 Å². The van der Waals surface area contributed by atoms with E-state index in [9.17, 15) is 14.0 Å². The highest BCUT2D eigenvalue weighted by molar-refractivity contribution is 7.23. The number of rotatable bonds is 6. The summed E-state index contributed by atoms with van der Waals surface area (Å²) in [7, 11) is 0. The van der Waals surface area contributed by atoms with E-state index in [1.807, 2.05) is 6.07 Å². The molecule has 42 heavy (non-hydrogen) atoms. The number of anilines is 1. The van der Waals surface area contributed by atoms with Gasteiger partial charge in [-0.3, -0.25) is 4.90 Å². The second-order valence-corrected chi connectivity index (χ2v) is 12.8. The van der Waals surface area contributed by atoms with Gasteiger partial charge in [-0.1, -0.05) is 17.7 Å². The molecule has 0 bridgehead atoms. The SMILES string of the molecule is N#Cc1c(N)sc2c(F)ccc(-c3c(Cl)cc4c(OC5CC(N)C5)nc(OC[C@@]56CCCN5C[C@H](F)C6)nc4c3F)c12. The molecule has 2 aromatic carbocycles. The minimum absolute atomic E-state index is 0.00229. The first-order valence-corrected chi connectivity index (χ1v) is 14.9. The Bertz CT molecular complexity index is 1790. The normalized spacial score (nSPS) is 25.5. The summed E-state index contributed by atoms with van der Waals surface area (Å²) in [5, 5.41) is 10.3. The fourth-order valence-corrected chi connectivity index (χ4v) is 7.81. The van der Waals surface area contributed by atoms with Crippen LogP contribution in [0.15, 0.2) is 18.2 Å². The topological polar surface area (TPSA) is 123 Å². The van der Waals surface area contributed by atoms with Crippen LogP contribution in [0.3, 0.4) is 0 Å². The highest BCUT2D eigenvalue weighted by Crippen LogP contribution is 2.46. The van der Waals surface area contributed by atoms with Crippen LogP contribution in [-0.4, -0.2) is 58.4 Å².